The van der Waals surface area contributed by atoms with E-state index >= 15 is 0 Å². The number of benzene rings is 2. The third-order valence-corrected chi connectivity index (χ3v) is 4.23. The monoisotopic (exact) mass is 490 g/mol. The molecule has 0 aromatic heterocycles. The van der Waals surface area contributed by atoms with Crippen LogP contribution in [0.5, 0.6) is 11.5 Å². The Labute approximate surface area is 177 Å². The lowest BCUT2D eigenvalue weighted by Gasteiger charge is -2.11. The summed E-state index contributed by atoms with van der Waals surface area (Å²) in [5.74, 6) is -0.135. The van der Waals surface area contributed by atoms with E-state index in [0.29, 0.717) is 27.8 Å². The van der Waals surface area contributed by atoms with E-state index in [4.69, 9.17) is 17.0 Å². The number of hydrogen-bond donors (Lipinski definition) is 2. The molecule has 7 nitrogen and oxygen atoms in total. The lowest BCUT2D eigenvalue weighted by Crippen LogP contribution is -2.31. The number of halogens is 4. The van der Waals surface area contributed by atoms with Gasteiger partial charge in [0.1, 0.15) is 5.75 Å². The van der Waals surface area contributed by atoms with Gasteiger partial charge in [-0.2, -0.15) is 18.3 Å². The quantitative estimate of drug-likeness (QED) is 0.256. The number of alkyl halides is 3. The number of ether oxygens (including phenoxy) is 1. The van der Waals surface area contributed by atoms with Gasteiger partial charge in [0.15, 0.2) is 5.11 Å². The van der Waals surface area contributed by atoms with Gasteiger partial charge in [0.25, 0.3) is 0 Å². The van der Waals surface area contributed by atoms with Gasteiger partial charge in [0.05, 0.1) is 21.2 Å². The molecule has 2 aromatic carbocycles. The predicted molar refractivity (Wildman–Crippen MR) is 109 cm³/mol. The molecule has 0 saturated heterocycles. The molecule has 0 atom stereocenters. The van der Waals surface area contributed by atoms with Gasteiger partial charge in [-0.25, -0.2) is 0 Å². The minimum absolute atomic E-state index is 0.182. The maximum Gasteiger partial charge on any atom is 0.416 e. The van der Waals surface area contributed by atoms with Crippen LogP contribution >= 0.6 is 28.1 Å². The lowest BCUT2D eigenvalue weighted by atomic mass is 10.2. The van der Waals surface area contributed by atoms with E-state index in [-0.39, 0.29) is 11.5 Å². The molecule has 0 radical (unpaired) electrons. The molecule has 2 rings (SSSR count). The number of nitro benzene ring substituents is 1. The highest BCUT2D eigenvalue weighted by Crippen LogP contribution is 2.39. The first kappa shape index (κ1) is 22.6. The Balaban J connectivity index is 2.21. The van der Waals surface area contributed by atoms with Crippen LogP contribution in [0.15, 0.2) is 46.0 Å². The molecular formula is C17H14BrF3N4O3S. The first-order valence-electron chi connectivity index (χ1n) is 8.01. The molecule has 0 aliphatic rings. The van der Waals surface area contributed by atoms with Crippen molar-refractivity contribution in [1.29, 1.82) is 0 Å². The summed E-state index contributed by atoms with van der Waals surface area (Å²) >= 11 is 8.23. The average molecular weight is 491 g/mol. The highest BCUT2D eigenvalue weighted by molar-refractivity contribution is 9.10. The Morgan fingerprint density at radius 1 is 1.31 bits per heavy atom. The number of thiocarbonyl (C=S) groups is 1. The maximum absolute atomic E-state index is 12.8. The summed E-state index contributed by atoms with van der Waals surface area (Å²) in [6.45, 7) is 2.53. The molecule has 29 heavy (non-hydrogen) atoms. The molecule has 154 valence electrons. The van der Waals surface area contributed by atoms with E-state index in [1.54, 1.807) is 12.1 Å². The standard InChI is InChI=1S/C17H14BrF3N4O3S/c1-2-22-16(29)24-23-9-10-3-5-14(12(18)7-10)28-15-6-4-11(17(19,20)21)8-13(15)25(26)27/h3-9H,2H2,1H3,(H2,22,24,29)/b23-9+. The zero-order valence-electron chi connectivity index (χ0n) is 14.8. The minimum Gasteiger partial charge on any atom is -0.449 e. The summed E-state index contributed by atoms with van der Waals surface area (Å²) < 4.78 is 44.3. The normalized spacial score (nSPS) is 11.3. The molecule has 2 N–H and O–H groups in total. The van der Waals surface area contributed by atoms with E-state index in [9.17, 15) is 23.3 Å². The van der Waals surface area contributed by atoms with Gasteiger partial charge >= 0.3 is 11.9 Å². The third-order valence-electron chi connectivity index (χ3n) is 3.38. The summed E-state index contributed by atoms with van der Waals surface area (Å²) in [5.41, 5.74) is 1.34. The fourth-order valence-electron chi connectivity index (χ4n) is 2.09. The lowest BCUT2D eigenvalue weighted by molar-refractivity contribution is -0.385. The summed E-state index contributed by atoms with van der Waals surface area (Å²) in [7, 11) is 0. The van der Waals surface area contributed by atoms with Crippen molar-refractivity contribution < 1.29 is 22.8 Å². The van der Waals surface area contributed by atoms with E-state index in [1.165, 1.54) is 12.3 Å². The van der Waals surface area contributed by atoms with Crippen LogP contribution in [0, 0.1) is 10.1 Å². The van der Waals surface area contributed by atoms with Crippen molar-refractivity contribution in [2.75, 3.05) is 6.54 Å². The molecule has 0 aliphatic heterocycles. The molecule has 12 heteroatoms. The van der Waals surface area contributed by atoms with Crippen LogP contribution in [-0.2, 0) is 6.18 Å². The Kier molecular flexibility index (Phi) is 7.51. The maximum atomic E-state index is 12.8. The number of rotatable bonds is 6. The van der Waals surface area contributed by atoms with E-state index in [1.807, 2.05) is 6.92 Å². The van der Waals surface area contributed by atoms with Crippen molar-refractivity contribution in [3.05, 3.63) is 62.1 Å². The van der Waals surface area contributed by atoms with Gasteiger partial charge in [-0.3, -0.25) is 15.5 Å². The predicted octanol–water partition coefficient (Wildman–Crippen LogP) is 4.99. The molecule has 0 aliphatic carbocycles. The number of nitrogens with zero attached hydrogens (tertiary/aromatic N) is 2. The Hall–Kier alpha value is -2.73. The second-order valence-electron chi connectivity index (χ2n) is 5.46. The van der Waals surface area contributed by atoms with Gasteiger partial charge in [-0.05, 0) is 71.0 Å². The van der Waals surface area contributed by atoms with Crippen molar-refractivity contribution in [1.82, 2.24) is 10.7 Å². The SMILES string of the molecule is CCNC(=S)N/N=C/c1ccc(Oc2ccc(C(F)(F)F)cc2[N+](=O)[O-])c(Br)c1. The molecule has 0 fully saturated rings. The topological polar surface area (TPSA) is 88.8 Å². The largest absolute Gasteiger partial charge is 0.449 e. The van der Waals surface area contributed by atoms with Crippen LogP contribution in [0.25, 0.3) is 0 Å². The van der Waals surface area contributed by atoms with Crippen molar-refractivity contribution >= 4 is 45.2 Å². The molecular weight excluding hydrogens is 477 g/mol. The van der Waals surface area contributed by atoms with Crippen LogP contribution in [0.4, 0.5) is 18.9 Å². The first-order chi connectivity index (χ1) is 13.6. The zero-order valence-corrected chi connectivity index (χ0v) is 17.2. The number of hydrogen-bond acceptors (Lipinski definition) is 5. The van der Waals surface area contributed by atoms with Crippen LogP contribution in [0.2, 0.25) is 0 Å². The van der Waals surface area contributed by atoms with Gasteiger partial charge in [0, 0.05) is 12.6 Å². The van der Waals surface area contributed by atoms with Crippen molar-refractivity contribution in [2.45, 2.75) is 13.1 Å². The number of hydrazone groups is 1. The van der Waals surface area contributed by atoms with Crippen molar-refractivity contribution in [3.8, 4) is 11.5 Å². The number of nitrogens with one attached hydrogen (secondary N) is 2. The van der Waals surface area contributed by atoms with Gasteiger partial charge in [-0.15, -0.1) is 0 Å². The second-order valence-corrected chi connectivity index (χ2v) is 6.72. The van der Waals surface area contributed by atoms with E-state index < -0.39 is 22.4 Å². The van der Waals surface area contributed by atoms with E-state index in [0.717, 1.165) is 12.1 Å². The molecule has 0 heterocycles. The fourth-order valence-corrected chi connectivity index (χ4v) is 2.76. The highest BCUT2D eigenvalue weighted by Gasteiger charge is 2.33. The zero-order chi connectivity index (χ0) is 21.6. The molecule has 0 bridgehead atoms. The first-order valence-corrected chi connectivity index (χ1v) is 9.22. The van der Waals surface area contributed by atoms with Crippen LogP contribution in [-0.4, -0.2) is 22.8 Å². The molecule has 0 amide bonds. The summed E-state index contributed by atoms with van der Waals surface area (Å²) in [5, 5.41) is 18.3. The summed E-state index contributed by atoms with van der Waals surface area (Å²) in [6.07, 6.45) is -3.22. The number of nitro groups is 1. The summed E-state index contributed by atoms with van der Waals surface area (Å²) in [6, 6.07) is 6.79. The smallest absolute Gasteiger partial charge is 0.416 e. The molecule has 0 saturated carbocycles. The van der Waals surface area contributed by atoms with Crippen LogP contribution in [0.1, 0.15) is 18.1 Å². The van der Waals surface area contributed by atoms with Gasteiger partial charge in [-0.1, -0.05) is 0 Å². The third kappa shape index (κ3) is 6.39. The highest BCUT2D eigenvalue weighted by atomic mass is 79.9. The minimum atomic E-state index is -4.70. The summed E-state index contributed by atoms with van der Waals surface area (Å²) in [4.78, 5) is 10.2. The average Bonchev–Trinajstić information content (AvgIpc) is 2.63. The fraction of sp³-hybridized carbons (Fsp3) is 0.176. The Bertz CT molecular complexity index is 954. The van der Waals surface area contributed by atoms with Gasteiger partial charge < -0.3 is 10.1 Å². The van der Waals surface area contributed by atoms with Crippen molar-refractivity contribution in [2.24, 2.45) is 5.10 Å². The molecule has 0 unspecified atom stereocenters. The Morgan fingerprint density at radius 2 is 2.00 bits per heavy atom. The molecule has 2 aromatic rings. The van der Waals surface area contributed by atoms with Crippen LogP contribution < -0.4 is 15.5 Å². The Morgan fingerprint density at radius 3 is 2.59 bits per heavy atom. The van der Waals surface area contributed by atoms with Crippen molar-refractivity contribution in [3.63, 3.8) is 0 Å². The second kappa shape index (κ2) is 9.65. The van der Waals surface area contributed by atoms with Crippen LogP contribution in [0.3, 0.4) is 0 Å². The van der Waals surface area contributed by atoms with Gasteiger partial charge in [0.2, 0.25) is 5.75 Å². The van der Waals surface area contributed by atoms with E-state index in [2.05, 4.69) is 31.8 Å². The molecule has 0 spiro atoms.